The molecular weight excluding hydrogens is 384 g/mol. The van der Waals surface area contributed by atoms with Crippen LogP contribution in [0.2, 0.25) is 0 Å². The van der Waals surface area contributed by atoms with Gasteiger partial charge >= 0.3 is 0 Å². The Morgan fingerprint density at radius 2 is 1.07 bits per heavy atom. The minimum Gasteiger partial charge on any atom is -0.353 e. The Hall–Kier alpha value is -1.62. The Balaban J connectivity index is 1.73. The van der Waals surface area contributed by atoms with Gasteiger partial charge in [0.25, 0.3) is 0 Å². The molecule has 4 N–H and O–H groups in total. The smallest absolute Gasteiger partial charge is 0.249 e. The van der Waals surface area contributed by atoms with Gasteiger partial charge in [0.15, 0.2) is 11.1 Å². The van der Waals surface area contributed by atoms with E-state index in [-0.39, 0.29) is 11.8 Å². The maximum atomic E-state index is 12.5. The van der Waals surface area contributed by atoms with Crippen LogP contribution in [0.3, 0.4) is 0 Å². The van der Waals surface area contributed by atoms with Gasteiger partial charge in [-0.05, 0) is 27.7 Å². The molecule has 2 rings (SSSR count). The number of piperazine rings is 2. The Bertz CT molecular complexity index is 531. The van der Waals surface area contributed by atoms with Gasteiger partial charge in [-0.15, -0.1) is 0 Å². The predicted octanol–water partition coefficient (Wildman–Crippen LogP) is -0.961. The van der Waals surface area contributed by atoms with Gasteiger partial charge in [-0.1, -0.05) is 0 Å². The minimum atomic E-state index is -1.03. The van der Waals surface area contributed by atoms with E-state index in [2.05, 4.69) is 41.3 Å². The van der Waals surface area contributed by atoms with Crippen molar-refractivity contribution >= 4 is 11.8 Å². The molecule has 0 aromatic heterocycles. The van der Waals surface area contributed by atoms with Crippen molar-refractivity contribution in [2.45, 2.75) is 38.8 Å². The van der Waals surface area contributed by atoms with E-state index >= 15 is 0 Å². The van der Waals surface area contributed by atoms with Crippen LogP contribution in [0, 0.1) is 0 Å². The fourth-order valence-electron chi connectivity index (χ4n) is 3.30. The summed E-state index contributed by atoms with van der Waals surface area (Å²) in [4.78, 5) is 29.7. The van der Waals surface area contributed by atoms with E-state index in [1.807, 2.05) is 0 Å². The Kier molecular flexibility index (Phi) is 9.60. The number of hydrogen-bond donors (Lipinski definition) is 4. The van der Waals surface area contributed by atoms with Gasteiger partial charge in [0, 0.05) is 78.5 Å². The zero-order valence-corrected chi connectivity index (χ0v) is 19.1. The second kappa shape index (κ2) is 11.7. The van der Waals surface area contributed by atoms with Crippen molar-refractivity contribution < 1.29 is 9.59 Å². The van der Waals surface area contributed by atoms with E-state index in [0.29, 0.717) is 13.1 Å². The molecule has 30 heavy (non-hydrogen) atoms. The van der Waals surface area contributed by atoms with Crippen LogP contribution in [-0.2, 0) is 9.59 Å². The van der Waals surface area contributed by atoms with Gasteiger partial charge in [0.1, 0.15) is 0 Å². The third-order valence-electron chi connectivity index (χ3n) is 5.51. The van der Waals surface area contributed by atoms with Crippen molar-refractivity contribution in [3.05, 3.63) is 0 Å². The summed E-state index contributed by atoms with van der Waals surface area (Å²) >= 11 is 0. The Morgan fingerprint density at radius 3 is 1.40 bits per heavy atom. The number of amides is 2. The molecule has 172 valence electrons. The summed E-state index contributed by atoms with van der Waals surface area (Å²) in [6.45, 7) is 17.6. The molecule has 0 radical (unpaired) electrons. The van der Waals surface area contributed by atoms with E-state index in [0.717, 1.165) is 65.4 Å². The molecule has 2 heterocycles. The minimum absolute atomic E-state index is 0.184. The fraction of sp³-hybridized carbons (Fsp3) is 0.900. The summed E-state index contributed by atoms with van der Waals surface area (Å²) in [5.74, 6) is -0.368. The molecule has 0 aromatic carbocycles. The molecule has 10 heteroatoms. The summed E-state index contributed by atoms with van der Waals surface area (Å²) in [7, 11) is 0. The summed E-state index contributed by atoms with van der Waals surface area (Å²) < 4.78 is 0. The molecule has 0 saturated carbocycles. The lowest BCUT2D eigenvalue weighted by Gasteiger charge is -2.28. The third kappa shape index (κ3) is 8.25. The van der Waals surface area contributed by atoms with Crippen molar-refractivity contribution in [2.75, 3.05) is 78.5 Å². The van der Waals surface area contributed by atoms with Crippen molar-refractivity contribution in [1.82, 2.24) is 31.1 Å². The standard InChI is InChI=1S/C20H40N8O2/c1-19(2,17(29)23-9-15-27-11-5-21-6-12-27)25-26-20(3,4)18(30)24-10-16-28-13-7-22-8-14-28/h21-22H,5-16H2,1-4H3,(H,23,29)(H,24,30). The van der Waals surface area contributed by atoms with Crippen molar-refractivity contribution in [3.63, 3.8) is 0 Å². The van der Waals surface area contributed by atoms with E-state index in [1.165, 1.54) is 0 Å². The molecule has 0 unspecified atom stereocenters. The summed E-state index contributed by atoms with van der Waals surface area (Å²) in [5.41, 5.74) is -2.05. The molecule has 2 amide bonds. The normalized spacial score (nSPS) is 19.7. The topological polar surface area (TPSA) is 113 Å². The maximum absolute atomic E-state index is 12.5. The number of rotatable bonds is 10. The highest BCUT2D eigenvalue weighted by Gasteiger charge is 2.32. The second-order valence-corrected chi connectivity index (χ2v) is 9.01. The summed E-state index contributed by atoms with van der Waals surface area (Å²) in [6.07, 6.45) is 0. The van der Waals surface area contributed by atoms with Crippen LogP contribution < -0.4 is 21.3 Å². The highest BCUT2D eigenvalue weighted by atomic mass is 16.2. The zero-order chi connectivity index (χ0) is 22.0. The third-order valence-corrected chi connectivity index (χ3v) is 5.51. The van der Waals surface area contributed by atoms with Crippen molar-refractivity contribution in [1.29, 1.82) is 0 Å². The van der Waals surface area contributed by atoms with Crippen LogP contribution in [0.5, 0.6) is 0 Å². The highest BCUT2D eigenvalue weighted by Crippen LogP contribution is 2.16. The van der Waals surface area contributed by atoms with Crippen molar-refractivity contribution in [2.24, 2.45) is 10.2 Å². The van der Waals surface area contributed by atoms with Gasteiger partial charge in [-0.2, -0.15) is 10.2 Å². The van der Waals surface area contributed by atoms with Crippen LogP contribution >= 0.6 is 0 Å². The molecule has 2 saturated heterocycles. The lowest BCUT2D eigenvalue weighted by molar-refractivity contribution is -0.127. The highest BCUT2D eigenvalue weighted by molar-refractivity contribution is 5.86. The number of azo groups is 1. The first-order valence-corrected chi connectivity index (χ1v) is 11.1. The van der Waals surface area contributed by atoms with Crippen LogP contribution in [-0.4, -0.2) is 111 Å². The average Bonchev–Trinajstić information content (AvgIpc) is 2.74. The molecule has 0 aromatic rings. The number of nitrogens with zero attached hydrogens (tertiary/aromatic N) is 4. The molecular formula is C20H40N8O2. The molecule has 2 aliphatic heterocycles. The lowest BCUT2D eigenvalue weighted by atomic mass is 10.0. The van der Waals surface area contributed by atoms with Gasteiger partial charge in [-0.25, -0.2) is 0 Å². The van der Waals surface area contributed by atoms with E-state index in [9.17, 15) is 9.59 Å². The second-order valence-electron chi connectivity index (χ2n) is 9.01. The number of nitrogens with one attached hydrogen (secondary N) is 4. The van der Waals surface area contributed by atoms with Gasteiger partial charge < -0.3 is 21.3 Å². The predicted molar refractivity (Wildman–Crippen MR) is 118 cm³/mol. The number of hydrogen-bond acceptors (Lipinski definition) is 8. The van der Waals surface area contributed by atoms with E-state index in [4.69, 9.17) is 0 Å². The van der Waals surface area contributed by atoms with Gasteiger partial charge in [-0.3, -0.25) is 19.4 Å². The molecule has 0 bridgehead atoms. The van der Waals surface area contributed by atoms with Crippen LogP contribution in [0.1, 0.15) is 27.7 Å². The molecule has 0 aliphatic carbocycles. The van der Waals surface area contributed by atoms with Gasteiger partial charge in [0.05, 0.1) is 0 Å². The first kappa shape index (κ1) is 24.6. The molecule has 0 spiro atoms. The van der Waals surface area contributed by atoms with E-state index < -0.39 is 11.1 Å². The molecule has 0 atom stereocenters. The fourth-order valence-corrected chi connectivity index (χ4v) is 3.30. The van der Waals surface area contributed by atoms with Gasteiger partial charge in [0.2, 0.25) is 11.8 Å². The molecule has 2 aliphatic rings. The van der Waals surface area contributed by atoms with Crippen LogP contribution in [0.15, 0.2) is 10.2 Å². The van der Waals surface area contributed by atoms with Crippen LogP contribution in [0.4, 0.5) is 0 Å². The summed E-state index contributed by atoms with van der Waals surface area (Å²) in [5, 5.41) is 21.0. The Labute approximate surface area is 180 Å². The average molecular weight is 425 g/mol. The first-order chi connectivity index (χ1) is 14.2. The monoisotopic (exact) mass is 424 g/mol. The molecule has 10 nitrogen and oxygen atoms in total. The lowest BCUT2D eigenvalue weighted by Crippen LogP contribution is -2.49. The Morgan fingerprint density at radius 1 is 0.733 bits per heavy atom. The number of carbonyl (C=O) groups excluding carboxylic acids is 2. The largest absolute Gasteiger partial charge is 0.353 e. The van der Waals surface area contributed by atoms with Crippen molar-refractivity contribution in [3.8, 4) is 0 Å². The number of carbonyl (C=O) groups is 2. The SMILES string of the molecule is CC(C)(N=NC(C)(C)C(=O)NCCN1CCNCC1)C(=O)NCCN1CCNCC1. The maximum Gasteiger partial charge on any atom is 0.249 e. The van der Waals surface area contributed by atoms with E-state index in [1.54, 1.807) is 27.7 Å². The summed E-state index contributed by atoms with van der Waals surface area (Å²) in [6, 6.07) is 0. The van der Waals surface area contributed by atoms with Crippen LogP contribution in [0.25, 0.3) is 0 Å². The first-order valence-electron chi connectivity index (χ1n) is 11.1. The zero-order valence-electron chi connectivity index (χ0n) is 19.1. The molecule has 2 fully saturated rings. The quantitative estimate of drug-likeness (QED) is 0.336.